The van der Waals surface area contributed by atoms with Crippen molar-refractivity contribution in [2.45, 2.75) is 19.9 Å². The monoisotopic (exact) mass is 420 g/mol. The summed E-state index contributed by atoms with van der Waals surface area (Å²) >= 11 is 0. The third kappa shape index (κ3) is 7.85. The Morgan fingerprint density at radius 1 is 1.00 bits per heavy atom. The smallest absolute Gasteiger partial charge is 0.341 e. The first-order valence-electron chi connectivity index (χ1n) is 10.0. The number of benzene rings is 3. The highest BCUT2D eigenvalue weighted by Crippen LogP contribution is 2.32. The van der Waals surface area contributed by atoms with Crippen LogP contribution in [0.15, 0.2) is 72.8 Å². The van der Waals surface area contributed by atoms with Crippen LogP contribution in [0.4, 0.5) is 5.69 Å². The third-order valence-corrected chi connectivity index (χ3v) is 4.49. The molecule has 0 unspecified atom stereocenters. The second-order valence-electron chi connectivity index (χ2n) is 6.68. The van der Waals surface area contributed by atoms with E-state index in [2.05, 4.69) is 17.6 Å². The predicted octanol–water partition coefficient (Wildman–Crippen LogP) is 4.35. The molecule has 162 valence electrons. The molecule has 6 nitrogen and oxygen atoms in total. The third-order valence-electron chi connectivity index (χ3n) is 4.49. The van der Waals surface area contributed by atoms with Gasteiger partial charge in [0.1, 0.15) is 5.75 Å². The zero-order chi connectivity index (χ0) is 22.5. The molecular formula is C25H28N2O4. The van der Waals surface area contributed by atoms with Crippen molar-refractivity contribution < 1.29 is 19.4 Å². The molecule has 0 spiro atoms. The predicted molar refractivity (Wildman–Crippen MR) is 123 cm³/mol. The Morgan fingerprint density at radius 2 is 1.77 bits per heavy atom. The SMILES string of the molecule is CCc1ccc(OCC(=O)O)c(-c2cccc(CNC=O)c2)c1.CNc1ccccc1. The summed E-state index contributed by atoms with van der Waals surface area (Å²) in [6, 6.07) is 23.5. The Bertz CT molecular complexity index is 974. The van der Waals surface area contributed by atoms with Crippen LogP contribution >= 0.6 is 0 Å². The molecular weight excluding hydrogens is 392 g/mol. The van der Waals surface area contributed by atoms with Crippen LogP contribution in [0.1, 0.15) is 18.1 Å². The normalized spacial score (nSPS) is 9.74. The van der Waals surface area contributed by atoms with Crippen LogP contribution in [0.2, 0.25) is 0 Å². The number of rotatable bonds is 9. The van der Waals surface area contributed by atoms with Gasteiger partial charge >= 0.3 is 5.97 Å². The van der Waals surface area contributed by atoms with E-state index in [0.29, 0.717) is 18.7 Å². The fourth-order valence-electron chi connectivity index (χ4n) is 2.90. The van der Waals surface area contributed by atoms with Crippen molar-refractivity contribution in [1.29, 1.82) is 0 Å². The molecule has 0 saturated carbocycles. The Morgan fingerprint density at radius 3 is 2.39 bits per heavy atom. The Kier molecular flexibility index (Phi) is 9.62. The zero-order valence-corrected chi connectivity index (χ0v) is 17.8. The van der Waals surface area contributed by atoms with E-state index in [1.165, 1.54) is 0 Å². The summed E-state index contributed by atoms with van der Waals surface area (Å²) in [4.78, 5) is 21.2. The number of amides is 1. The summed E-state index contributed by atoms with van der Waals surface area (Å²) in [6.07, 6.45) is 1.53. The number of para-hydroxylation sites is 1. The molecule has 0 bridgehead atoms. The molecule has 0 fully saturated rings. The minimum absolute atomic E-state index is 0.384. The number of ether oxygens (including phenoxy) is 1. The highest BCUT2D eigenvalue weighted by atomic mass is 16.5. The van der Waals surface area contributed by atoms with Crippen LogP contribution in [0.25, 0.3) is 11.1 Å². The van der Waals surface area contributed by atoms with Crippen molar-refractivity contribution >= 4 is 18.1 Å². The molecule has 3 rings (SSSR count). The number of hydrogen-bond acceptors (Lipinski definition) is 4. The number of carbonyl (C=O) groups excluding carboxylic acids is 1. The molecule has 0 aliphatic rings. The van der Waals surface area contributed by atoms with E-state index in [0.717, 1.165) is 34.4 Å². The maximum absolute atomic E-state index is 10.7. The van der Waals surface area contributed by atoms with Crippen LogP contribution in [-0.2, 0) is 22.6 Å². The Hall–Kier alpha value is -3.80. The van der Waals surface area contributed by atoms with Crippen molar-refractivity contribution in [3.8, 4) is 16.9 Å². The lowest BCUT2D eigenvalue weighted by Gasteiger charge is -2.13. The number of carbonyl (C=O) groups is 2. The zero-order valence-electron chi connectivity index (χ0n) is 17.8. The number of hydrogen-bond donors (Lipinski definition) is 3. The minimum Gasteiger partial charge on any atom is -0.481 e. The van der Waals surface area contributed by atoms with E-state index in [-0.39, 0.29) is 6.61 Å². The first kappa shape index (κ1) is 23.5. The maximum Gasteiger partial charge on any atom is 0.341 e. The molecule has 0 saturated heterocycles. The first-order valence-corrected chi connectivity index (χ1v) is 10.0. The molecule has 0 atom stereocenters. The van der Waals surface area contributed by atoms with Gasteiger partial charge < -0.3 is 20.5 Å². The van der Waals surface area contributed by atoms with Gasteiger partial charge in [-0.1, -0.05) is 49.4 Å². The fraction of sp³-hybridized carbons (Fsp3) is 0.200. The van der Waals surface area contributed by atoms with Crippen molar-refractivity contribution in [3.63, 3.8) is 0 Å². The molecule has 0 heterocycles. The van der Waals surface area contributed by atoms with Crippen molar-refractivity contribution in [2.24, 2.45) is 0 Å². The van der Waals surface area contributed by atoms with E-state index in [4.69, 9.17) is 9.84 Å². The van der Waals surface area contributed by atoms with Crippen LogP contribution in [0.3, 0.4) is 0 Å². The van der Waals surface area contributed by atoms with Gasteiger partial charge in [-0.3, -0.25) is 4.79 Å². The summed E-state index contributed by atoms with van der Waals surface area (Å²) in [5, 5.41) is 14.5. The van der Waals surface area contributed by atoms with Crippen molar-refractivity contribution in [3.05, 3.63) is 83.9 Å². The summed E-state index contributed by atoms with van der Waals surface area (Å²) < 4.78 is 5.40. The lowest BCUT2D eigenvalue weighted by Crippen LogP contribution is -2.10. The molecule has 3 N–H and O–H groups in total. The van der Waals surface area contributed by atoms with Gasteiger partial charge in [0.15, 0.2) is 6.61 Å². The van der Waals surface area contributed by atoms with Gasteiger partial charge in [-0.15, -0.1) is 0 Å². The first-order chi connectivity index (χ1) is 15.1. The fourth-order valence-corrected chi connectivity index (χ4v) is 2.90. The van der Waals surface area contributed by atoms with Crippen molar-refractivity contribution in [2.75, 3.05) is 19.0 Å². The quantitative estimate of drug-likeness (QED) is 0.448. The highest BCUT2D eigenvalue weighted by molar-refractivity contribution is 5.73. The van der Waals surface area contributed by atoms with Crippen LogP contribution in [-0.4, -0.2) is 31.1 Å². The minimum atomic E-state index is -1.01. The van der Waals surface area contributed by atoms with E-state index >= 15 is 0 Å². The van der Waals surface area contributed by atoms with Gasteiger partial charge in [0.05, 0.1) is 0 Å². The Balaban J connectivity index is 0.000000357. The summed E-state index contributed by atoms with van der Waals surface area (Å²) in [5.41, 5.74) is 5.02. The molecule has 31 heavy (non-hydrogen) atoms. The number of carboxylic acid groups (broad SMARTS) is 1. The molecule has 6 heteroatoms. The topological polar surface area (TPSA) is 87.7 Å². The Labute approximate surface area is 182 Å². The molecule has 3 aromatic rings. The van der Waals surface area contributed by atoms with E-state index in [9.17, 15) is 9.59 Å². The van der Waals surface area contributed by atoms with Gasteiger partial charge in [0, 0.05) is 24.8 Å². The van der Waals surface area contributed by atoms with Crippen LogP contribution in [0.5, 0.6) is 5.75 Å². The summed E-state index contributed by atoms with van der Waals surface area (Å²) in [5.74, 6) is -0.482. The second kappa shape index (κ2) is 12.7. The van der Waals surface area contributed by atoms with Gasteiger partial charge in [-0.05, 0) is 53.4 Å². The van der Waals surface area contributed by atoms with Crippen molar-refractivity contribution in [1.82, 2.24) is 5.32 Å². The molecule has 3 aromatic carbocycles. The van der Waals surface area contributed by atoms with E-state index in [1.807, 2.05) is 73.8 Å². The number of carboxylic acids is 1. The number of nitrogens with one attached hydrogen (secondary N) is 2. The molecule has 0 aliphatic carbocycles. The number of aryl methyl sites for hydroxylation is 1. The average Bonchev–Trinajstić information content (AvgIpc) is 2.82. The van der Waals surface area contributed by atoms with Gasteiger partial charge in [0.25, 0.3) is 0 Å². The lowest BCUT2D eigenvalue weighted by molar-refractivity contribution is -0.139. The van der Waals surface area contributed by atoms with Gasteiger partial charge in [0.2, 0.25) is 6.41 Å². The summed E-state index contributed by atoms with van der Waals surface area (Å²) in [7, 11) is 1.91. The van der Waals surface area contributed by atoms with Gasteiger partial charge in [-0.25, -0.2) is 4.79 Å². The largest absolute Gasteiger partial charge is 0.481 e. The highest BCUT2D eigenvalue weighted by Gasteiger charge is 2.10. The molecule has 0 aromatic heterocycles. The van der Waals surface area contributed by atoms with E-state index in [1.54, 1.807) is 6.07 Å². The van der Waals surface area contributed by atoms with E-state index < -0.39 is 5.97 Å². The standard InChI is InChI=1S/C18H19NO4.C7H9N/c1-2-13-6-7-17(23-11-18(21)22)16(9-13)15-5-3-4-14(8-15)10-19-12-20;1-8-7-5-3-2-4-6-7/h3-9,12H,2,10-11H2,1H3,(H,19,20)(H,21,22);2-6,8H,1H3. The lowest BCUT2D eigenvalue weighted by atomic mass is 9.99. The van der Waals surface area contributed by atoms with Gasteiger partial charge in [-0.2, -0.15) is 0 Å². The van der Waals surface area contributed by atoms with Crippen LogP contribution < -0.4 is 15.4 Å². The maximum atomic E-state index is 10.7. The summed E-state index contributed by atoms with van der Waals surface area (Å²) in [6.45, 7) is 2.11. The average molecular weight is 421 g/mol. The number of anilines is 1. The molecule has 1 amide bonds. The number of aliphatic carboxylic acids is 1. The second-order valence-corrected chi connectivity index (χ2v) is 6.68. The van der Waals surface area contributed by atoms with Crippen LogP contribution in [0, 0.1) is 0 Å². The molecule has 0 radical (unpaired) electrons. The molecule has 0 aliphatic heterocycles.